The van der Waals surface area contributed by atoms with Gasteiger partial charge in [0.1, 0.15) is 0 Å². The number of nitrogens with one attached hydrogen (secondary N) is 1. The van der Waals surface area contributed by atoms with Crippen molar-refractivity contribution in [3.05, 3.63) is 60.4 Å². The van der Waals surface area contributed by atoms with Crippen molar-refractivity contribution in [1.82, 2.24) is 15.1 Å². The SMILES string of the molecule is C=C(CC(C)C)N(C)C(C(C)CC)C(CC)CC(=C)N1CCCC1C(CC)C(C)C(=O)NC(C)C(C)c1ccccc1. The molecule has 0 saturated carbocycles. The summed E-state index contributed by atoms with van der Waals surface area (Å²) < 4.78 is 0. The molecule has 1 aromatic rings. The first-order valence-electron chi connectivity index (χ1n) is 17.1. The number of rotatable bonds is 18. The quantitative estimate of drug-likeness (QED) is 0.188. The summed E-state index contributed by atoms with van der Waals surface area (Å²) >= 11 is 0. The molecular weight excluding hydrogens is 514 g/mol. The highest BCUT2D eigenvalue weighted by Crippen LogP contribution is 2.38. The predicted octanol–water partition coefficient (Wildman–Crippen LogP) is 9.26. The summed E-state index contributed by atoms with van der Waals surface area (Å²) in [5, 5.41) is 3.38. The largest absolute Gasteiger partial charge is 0.375 e. The van der Waals surface area contributed by atoms with Gasteiger partial charge in [-0.1, -0.05) is 118 Å². The average molecular weight is 580 g/mol. The molecule has 0 radical (unpaired) electrons. The van der Waals surface area contributed by atoms with Crippen molar-refractivity contribution in [3.63, 3.8) is 0 Å². The van der Waals surface area contributed by atoms with Crippen molar-refractivity contribution in [2.75, 3.05) is 13.6 Å². The zero-order valence-electron chi connectivity index (χ0n) is 29.0. The van der Waals surface area contributed by atoms with Gasteiger partial charge in [-0.2, -0.15) is 0 Å². The van der Waals surface area contributed by atoms with Crippen molar-refractivity contribution in [1.29, 1.82) is 0 Å². The van der Waals surface area contributed by atoms with Crippen LogP contribution in [0.15, 0.2) is 54.9 Å². The topological polar surface area (TPSA) is 35.6 Å². The Morgan fingerprint density at radius 3 is 2.17 bits per heavy atom. The fraction of sp³-hybridized carbons (Fsp3) is 0.711. The van der Waals surface area contributed by atoms with E-state index in [1.807, 2.05) is 6.07 Å². The van der Waals surface area contributed by atoms with Crippen LogP contribution in [0.25, 0.3) is 0 Å². The number of hydrogen-bond acceptors (Lipinski definition) is 3. The number of carbonyl (C=O) groups excluding carboxylic acids is 1. The van der Waals surface area contributed by atoms with Crippen molar-refractivity contribution in [2.24, 2.45) is 29.6 Å². The molecule has 0 aliphatic carbocycles. The molecule has 0 aromatic heterocycles. The van der Waals surface area contributed by atoms with Crippen LogP contribution < -0.4 is 5.32 Å². The van der Waals surface area contributed by atoms with Gasteiger partial charge in [-0.05, 0) is 61.8 Å². The van der Waals surface area contributed by atoms with E-state index in [4.69, 9.17) is 6.58 Å². The Labute approximate surface area is 260 Å². The van der Waals surface area contributed by atoms with Gasteiger partial charge >= 0.3 is 0 Å². The number of nitrogens with zero attached hydrogens (tertiary/aromatic N) is 2. The van der Waals surface area contributed by atoms with Crippen molar-refractivity contribution < 1.29 is 4.79 Å². The third-order valence-electron chi connectivity index (χ3n) is 10.5. The van der Waals surface area contributed by atoms with E-state index < -0.39 is 0 Å². The van der Waals surface area contributed by atoms with Crippen LogP contribution in [0.2, 0.25) is 0 Å². The van der Waals surface area contributed by atoms with Gasteiger partial charge in [-0.25, -0.2) is 0 Å². The molecule has 238 valence electrons. The highest BCUT2D eigenvalue weighted by molar-refractivity contribution is 5.79. The van der Waals surface area contributed by atoms with Gasteiger partial charge < -0.3 is 15.1 Å². The van der Waals surface area contributed by atoms with Gasteiger partial charge in [-0.3, -0.25) is 4.79 Å². The lowest BCUT2D eigenvalue weighted by atomic mass is 9.80. The van der Waals surface area contributed by atoms with Crippen LogP contribution in [0, 0.1) is 29.6 Å². The molecule has 8 atom stereocenters. The summed E-state index contributed by atoms with van der Waals surface area (Å²) in [6, 6.07) is 11.4. The number of carbonyl (C=O) groups is 1. The van der Waals surface area contributed by atoms with E-state index in [1.165, 1.54) is 23.4 Å². The highest BCUT2D eigenvalue weighted by Gasteiger charge is 2.38. The monoisotopic (exact) mass is 580 g/mol. The Kier molecular flexibility index (Phi) is 14.7. The summed E-state index contributed by atoms with van der Waals surface area (Å²) in [4.78, 5) is 18.7. The maximum atomic E-state index is 13.6. The number of benzene rings is 1. The number of amides is 1. The van der Waals surface area contributed by atoms with Crippen LogP contribution in [0.3, 0.4) is 0 Å². The Bertz CT molecular complexity index is 972. The molecule has 1 amide bonds. The first-order valence-corrected chi connectivity index (χ1v) is 17.1. The molecule has 1 N–H and O–H groups in total. The Morgan fingerprint density at radius 2 is 1.62 bits per heavy atom. The van der Waals surface area contributed by atoms with E-state index in [0.717, 1.165) is 45.1 Å². The van der Waals surface area contributed by atoms with Crippen LogP contribution in [0.4, 0.5) is 0 Å². The van der Waals surface area contributed by atoms with E-state index >= 15 is 0 Å². The smallest absolute Gasteiger partial charge is 0.223 e. The van der Waals surface area contributed by atoms with Gasteiger partial charge in [0.25, 0.3) is 0 Å². The molecular formula is C38H65N3O. The lowest BCUT2D eigenvalue weighted by Crippen LogP contribution is -2.46. The van der Waals surface area contributed by atoms with Gasteiger partial charge in [0, 0.05) is 54.9 Å². The van der Waals surface area contributed by atoms with Crippen LogP contribution in [-0.2, 0) is 4.79 Å². The van der Waals surface area contributed by atoms with Crippen molar-refractivity contribution in [2.45, 2.75) is 131 Å². The molecule has 0 bridgehead atoms. The van der Waals surface area contributed by atoms with E-state index in [-0.39, 0.29) is 23.8 Å². The van der Waals surface area contributed by atoms with Crippen molar-refractivity contribution >= 4 is 5.91 Å². The summed E-state index contributed by atoms with van der Waals surface area (Å²) in [7, 11) is 2.26. The minimum absolute atomic E-state index is 0.0425. The van der Waals surface area contributed by atoms with Gasteiger partial charge in [0.15, 0.2) is 0 Å². The molecule has 4 nitrogen and oxygen atoms in total. The fourth-order valence-electron chi connectivity index (χ4n) is 7.47. The minimum Gasteiger partial charge on any atom is -0.375 e. The third-order valence-corrected chi connectivity index (χ3v) is 10.5. The summed E-state index contributed by atoms with van der Waals surface area (Å²) in [6.07, 6.45) is 7.63. The van der Waals surface area contributed by atoms with E-state index in [2.05, 4.69) is 115 Å². The second-order valence-corrected chi connectivity index (χ2v) is 13.9. The molecule has 1 saturated heterocycles. The third kappa shape index (κ3) is 9.38. The zero-order valence-corrected chi connectivity index (χ0v) is 29.0. The maximum absolute atomic E-state index is 13.6. The summed E-state index contributed by atoms with van der Waals surface area (Å²) in [5.74, 6) is 2.42. The van der Waals surface area contributed by atoms with Gasteiger partial charge in [0.2, 0.25) is 5.91 Å². The minimum atomic E-state index is -0.0425. The lowest BCUT2D eigenvalue weighted by Gasteiger charge is -2.43. The molecule has 1 aliphatic rings. The highest BCUT2D eigenvalue weighted by atomic mass is 16.1. The maximum Gasteiger partial charge on any atom is 0.223 e. The molecule has 1 aliphatic heterocycles. The molecule has 2 rings (SSSR count). The van der Waals surface area contributed by atoms with E-state index in [0.29, 0.717) is 35.8 Å². The second-order valence-electron chi connectivity index (χ2n) is 13.9. The Balaban J connectivity index is 2.15. The standard InChI is InChI=1S/C38H65N3O/c1-13-27(6)37(40(12)28(7)24-26(4)5)33(14-2)25-29(8)41-23-19-22-36(41)35(15-3)31(10)38(42)39-32(11)30(9)34-20-17-16-18-21-34/h16-18,20-21,26-27,30-33,35-37H,7-8,13-15,19,22-25H2,1-6,9-12H3,(H,39,42). The summed E-state index contributed by atoms with van der Waals surface area (Å²) in [5.41, 5.74) is 3.78. The van der Waals surface area contributed by atoms with Crippen LogP contribution in [-0.4, -0.2) is 47.4 Å². The molecule has 8 unspecified atom stereocenters. The first kappa shape index (κ1) is 36.0. The fourth-order valence-corrected chi connectivity index (χ4v) is 7.47. The lowest BCUT2D eigenvalue weighted by molar-refractivity contribution is -0.127. The van der Waals surface area contributed by atoms with Crippen LogP contribution >= 0.6 is 0 Å². The summed E-state index contributed by atoms with van der Waals surface area (Å²) in [6.45, 7) is 30.6. The average Bonchev–Trinajstić information content (AvgIpc) is 3.46. The number of hydrogen-bond donors (Lipinski definition) is 1. The molecule has 1 aromatic carbocycles. The molecule has 1 heterocycles. The molecule has 1 fully saturated rings. The molecule has 4 heteroatoms. The van der Waals surface area contributed by atoms with Crippen LogP contribution in [0.5, 0.6) is 0 Å². The molecule has 42 heavy (non-hydrogen) atoms. The molecule has 0 spiro atoms. The van der Waals surface area contributed by atoms with E-state index in [1.54, 1.807) is 0 Å². The van der Waals surface area contributed by atoms with Gasteiger partial charge in [0.05, 0.1) is 0 Å². The van der Waals surface area contributed by atoms with Crippen molar-refractivity contribution in [3.8, 4) is 0 Å². The van der Waals surface area contributed by atoms with Gasteiger partial charge in [-0.15, -0.1) is 0 Å². The predicted molar refractivity (Wildman–Crippen MR) is 182 cm³/mol. The normalized spacial score (nSPS) is 20.4. The second kappa shape index (κ2) is 17.2. The van der Waals surface area contributed by atoms with E-state index in [9.17, 15) is 4.79 Å². The van der Waals surface area contributed by atoms with Crippen LogP contribution in [0.1, 0.15) is 119 Å². The zero-order chi connectivity index (χ0) is 31.6. The number of allylic oxidation sites excluding steroid dienone is 2. The Morgan fingerprint density at radius 1 is 0.976 bits per heavy atom. The number of likely N-dealkylation sites (tertiary alicyclic amines) is 1. The Hall–Kier alpha value is -2.23. The first-order chi connectivity index (χ1) is 19.9.